The van der Waals surface area contributed by atoms with Crippen molar-refractivity contribution in [2.24, 2.45) is 0 Å². The Balaban J connectivity index is 3.07. The highest BCUT2D eigenvalue weighted by atomic mass is 16.5. The van der Waals surface area contributed by atoms with Crippen molar-refractivity contribution < 1.29 is 9.53 Å². The maximum atomic E-state index is 11.2. The standard InChI is InChI=1S/C12H17NO2/c1-9(14)8-12(2,3)11-10(15-4)6-5-7-13-11/h5-7H,8H2,1-4H3. The van der Waals surface area contributed by atoms with Gasteiger partial charge in [-0.05, 0) is 19.1 Å². The van der Waals surface area contributed by atoms with Gasteiger partial charge in [0.05, 0.1) is 12.8 Å². The van der Waals surface area contributed by atoms with Crippen LogP contribution in [0.5, 0.6) is 5.75 Å². The number of rotatable bonds is 4. The third-order valence-electron chi connectivity index (χ3n) is 2.32. The Morgan fingerprint density at radius 1 is 1.53 bits per heavy atom. The molecule has 0 saturated carbocycles. The summed E-state index contributed by atoms with van der Waals surface area (Å²) in [6.45, 7) is 5.59. The number of nitrogens with zero attached hydrogens (tertiary/aromatic N) is 1. The van der Waals surface area contributed by atoms with Gasteiger partial charge in [-0.15, -0.1) is 0 Å². The molecule has 0 N–H and O–H groups in total. The van der Waals surface area contributed by atoms with Gasteiger partial charge < -0.3 is 4.74 Å². The molecule has 15 heavy (non-hydrogen) atoms. The fourth-order valence-electron chi connectivity index (χ4n) is 1.77. The number of methoxy groups -OCH3 is 1. The molecular weight excluding hydrogens is 190 g/mol. The van der Waals surface area contributed by atoms with E-state index in [4.69, 9.17) is 4.74 Å². The Morgan fingerprint density at radius 2 is 2.20 bits per heavy atom. The number of hydrogen-bond donors (Lipinski definition) is 0. The van der Waals surface area contributed by atoms with Gasteiger partial charge in [-0.1, -0.05) is 13.8 Å². The molecule has 0 fully saturated rings. The lowest BCUT2D eigenvalue weighted by atomic mass is 9.83. The summed E-state index contributed by atoms with van der Waals surface area (Å²) in [7, 11) is 1.62. The van der Waals surface area contributed by atoms with Crippen LogP contribution in [-0.2, 0) is 10.2 Å². The molecule has 1 rings (SSSR count). The summed E-state index contributed by atoms with van der Waals surface area (Å²) in [6, 6.07) is 3.69. The Morgan fingerprint density at radius 3 is 2.73 bits per heavy atom. The molecule has 0 bridgehead atoms. The van der Waals surface area contributed by atoms with Gasteiger partial charge in [-0.3, -0.25) is 9.78 Å². The van der Waals surface area contributed by atoms with Gasteiger partial charge >= 0.3 is 0 Å². The maximum absolute atomic E-state index is 11.2. The highest BCUT2D eigenvalue weighted by Crippen LogP contribution is 2.32. The second kappa shape index (κ2) is 4.43. The van der Waals surface area contributed by atoms with Crippen molar-refractivity contribution in [3.63, 3.8) is 0 Å². The molecule has 1 aromatic heterocycles. The third kappa shape index (κ3) is 2.78. The summed E-state index contributed by atoms with van der Waals surface area (Å²) in [5.74, 6) is 0.899. The van der Waals surface area contributed by atoms with Crippen molar-refractivity contribution in [1.29, 1.82) is 0 Å². The molecular formula is C12H17NO2. The number of carbonyl (C=O) groups is 1. The molecule has 82 valence electrons. The summed E-state index contributed by atoms with van der Waals surface area (Å²) >= 11 is 0. The van der Waals surface area contributed by atoms with Crippen molar-refractivity contribution in [2.45, 2.75) is 32.6 Å². The topological polar surface area (TPSA) is 39.2 Å². The molecule has 0 amide bonds. The number of hydrogen-bond acceptors (Lipinski definition) is 3. The van der Waals surface area contributed by atoms with Crippen molar-refractivity contribution in [3.8, 4) is 5.75 Å². The van der Waals surface area contributed by atoms with Gasteiger partial charge in [0.25, 0.3) is 0 Å². The van der Waals surface area contributed by atoms with E-state index >= 15 is 0 Å². The molecule has 0 unspecified atom stereocenters. The minimum absolute atomic E-state index is 0.160. The van der Waals surface area contributed by atoms with Crippen LogP contribution in [0.15, 0.2) is 18.3 Å². The fraction of sp³-hybridized carbons (Fsp3) is 0.500. The lowest BCUT2D eigenvalue weighted by Crippen LogP contribution is -2.22. The highest BCUT2D eigenvalue weighted by molar-refractivity contribution is 5.77. The summed E-state index contributed by atoms with van der Waals surface area (Å²) in [5, 5.41) is 0. The van der Waals surface area contributed by atoms with Gasteiger partial charge in [0.15, 0.2) is 0 Å². The van der Waals surface area contributed by atoms with Crippen molar-refractivity contribution >= 4 is 5.78 Å². The molecule has 0 aromatic carbocycles. The molecule has 0 radical (unpaired) electrons. The van der Waals surface area contributed by atoms with Crippen molar-refractivity contribution in [3.05, 3.63) is 24.0 Å². The Kier molecular flexibility index (Phi) is 3.45. The molecule has 0 spiro atoms. The van der Waals surface area contributed by atoms with E-state index < -0.39 is 0 Å². The van der Waals surface area contributed by atoms with Crippen LogP contribution in [0.2, 0.25) is 0 Å². The first kappa shape index (κ1) is 11.7. The molecule has 0 aliphatic heterocycles. The first-order valence-electron chi connectivity index (χ1n) is 4.96. The summed E-state index contributed by atoms with van der Waals surface area (Å²) in [6.07, 6.45) is 2.19. The second-order valence-corrected chi connectivity index (χ2v) is 4.32. The van der Waals surface area contributed by atoms with Crippen LogP contribution in [0.3, 0.4) is 0 Å². The largest absolute Gasteiger partial charge is 0.495 e. The highest BCUT2D eigenvalue weighted by Gasteiger charge is 2.27. The van der Waals surface area contributed by atoms with Crippen molar-refractivity contribution in [2.75, 3.05) is 7.11 Å². The minimum Gasteiger partial charge on any atom is -0.495 e. The fourth-order valence-corrected chi connectivity index (χ4v) is 1.77. The average molecular weight is 207 g/mol. The number of ether oxygens (including phenoxy) is 1. The van der Waals surface area contributed by atoms with Gasteiger partial charge in [0, 0.05) is 18.0 Å². The molecule has 0 aliphatic rings. The Labute approximate surface area is 90.5 Å². The third-order valence-corrected chi connectivity index (χ3v) is 2.32. The van der Waals surface area contributed by atoms with Crippen LogP contribution in [0.4, 0.5) is 0 Å². The smallest absolute Gasteiger partial charge is 0.140 e. The molecule has 1 aromatic rings. The van der Waals surface area contributed by atoms with Crippen LogP contribution in [0.1, 0.15) is 32.9 Å². The minimum atomic E-state index is -0.279. The molecule has 0 saturated heterocycles. The average Bonchev–Trinajstić information content (AvgIpc) is 2.16. The van der Waals surface area contributed by atoms with Gasteiger partial charge in [-0.2, -0.15) is 0 Å². The molecule has 3 nitrogen and oxygen atoms in total. The van der Waals surface area contributed by atoms with E-state index in [9.17, 15) is 4.79 Å². The molecule has 0 aliphatic carbocycles. The predicted molar refractivity (Wildman–Crippen MR) is 59.1 cm³/mol. The van der Waals surface area contributed by atoms with E-state index in [2.05, 4.69) is 4.98 Å². The second-order valence-electron chi connectivity index (χ2n) is 4.32. The number of aromatic nitrogens is 1. The zero-order chi connectivity index (χ0) is 11.5. The summed E-state index contributed by atoms with van der Waals surface area (Å²) in [4.78, 5) is 15.5. The first-order valence-corrected chi connectivity index (χ1v) is 4.96. The van der Waals surface area contributed by atoms with E-state index in [1.54, 1.807) is 20.2 Å². The van der Waals surface area contributed by atoms with Crippen molar-refractivity contribution in [1.82, 2.24) is 4.98 Å². The van der Waals surface area contributed by atoms with Gasteiger partial charge in [0.2, 0.25) is 0 Å². The Hall–Kier alpha value is -1.38. The van der Waals surface area contributed by atoms with E-state index in [-0.39, 0.29) is 11.2 Å². The number of ketones is 1. The van der Waals surface area contributed by atoms with Crippen LogP contribution in [-0.4, -0.2) is 17.9 Å². The van der Waals surface area contributed by atoms with Crippen LogP contribution < -0.4 is 4.74 Å². The Bertz CT molecular complexity index is 358. The number of pyridine rings is 1. The van der Waals surface area contributed by atoms with E-state index in [0.29, 0.717) is 6.42 Å². The maximum Gasteiger partial charge on any atom is 0.140 e. The predicted octanol–water partition coefficient (Wildman–Crippen LogP) is 2.35. The van der Waals surface area contributed by atoms with Gasteiger partial charge in [0.1, 0.15) is 11.5 Å². The molecule has 3 heteroatoms. The monoisotopic (exact) mass is 207 g/mol. The van der Waals surface area contributed by atoms with Gasteiger partial charge in [-0.25, -0.2) is 0 Å². The van der Waals surface area contributed by atoms with E-state index in [1.165, 1.54) is 0 Å². The molecule has 0 atom stereocenters. The first-order chi connectivity index (χ1) is 6.97. The lowest BCUT2D eigenvalue weighted by molar-refractivity contribution is -0.118. The normalized spacial score (nSPS) is 11.2. The lowest BCUT2D eigenvalue weighted by Gasteiger charge is -2.24. The summed E-state index contributed by atoms with van der Waals surface area (Å²) in [5.41, 5.74) is 0.557. The summed E-state index contributed by atoms with van der Waals surface area (Å²) < 4.78 is 5.24. The number of Topliss-reactive ketones (excluding diaryl/α,β-unsaturated/α-hetero) is 1. The SMILES string of the molecule is COc1cccnc1C(C)(C)CC(C)=O. The van der Waals surface area contributed by atoms with Crippen LogP contribution >= 0.6 is 0 Å². The quantitative estimate of drug-likeness (QED) is 0.760. The number of carbonyl (C=O) groups excluding carboxylic acids is 1. The van der Waals surface area contributed by atoms with E-state index in [0.717, 1.165) is 11.4 Å². The zero-order valence-corrected chi connectivity index (χ0v) is 9.70. The van der Waals surface area contributed by atoms with Crippen LogP contribution in [0.25, 0.3) is 0 Å². The molecule has 1 heterocycles. The zero-order valence-electron chi connectivity index (χ0n) is 9.70. The van der Waals surface area contributed by atoms with E-state index in [1.807, 2.05) is 26.0 Å². The van der Waals surface area contributed by atoms with Crippen LogP contribution in [0, 0.1) is 0 Å².